The average molecular weight is 374 g/mol. The Hall–Kier alpha value is -3.03. The number of hydrogen-bond acceptors (Lipinski definition) is 7. The van der Waals surface area contributed by atoms with Crippen LogP contribution in [0.5, 0.6) is 17.2 Å². The molecule has 1 heterocycles. The lowest BCUT2D eigenvalue weighted by molar-refractivity contribution is 0.0947. The van der Waals surface area contributed by atoms with Gasteiger partial charge in [0.05, 0.1) is 21.3 Å². The van der Waals surface area contributed by atoms with Crippen molar-refractivity contribution in [3.05, 3.63) is 30.2 Å². The van der Waals surface area contributed by atoms with Gasteiger partial charge < -0.3 is 24.8 Å². The van der Waals surface area contributed by atoms with Crippen LogP contribution >= 0.6 is 0 Å². The molecule has 0 aliphatic heterocycles. The third-order valence-electron chi connectivity index (χ3n) is 3.84. The molecule has 0 unspecified atom stereocenters. The Balaban J connectivity index is 2.17. The first-order valence-corrected chi connectivity index (χ1v) is 8.65. The van der Waals surface area contributed by atoms with Crippen LogP contribution < -0.4 is 24.8 Å². The first kappa shape index (κ1) is 20.3. The van der Waals surface area contributed by atoms with Crippen LogP contribution in [0.15, 0.2) is 24.5 Å². The van der Waals surface area contributed by atoms with Crippen molar-refractivity contribution < 1.29 is 19.0 Å². The molecule has 0 saturated carbocycles. The van der Waals surface area contributed by atoms with Gasteiger partial charge in [-0.3, -0.25) is 4.79 Å². The van der Waals surface area contributed by atoms with Crippen molar-refractivity contribution in [3.63, 3.8) is 0 Å². The first-order chi connectivity index (χ1) is 13.0. The van der Waals surface area contributed by atoms with Crippen molar-refractivity contribution in [2.24, 2.45) is 5.92 Å². The number of aromatic nitrogens is 2. The number of carbonyl (C=O) groups is 1. The summed E-state index contributed by atoms with van der Waals surface area (Å²) >= 11 is 0. The molecule has 0 saturated heterocycles. The number of nitrogens with one attached hydrogen (secondary N) is 2. The van der Waals surface area contributed by atoms with Crippen molar-refractivity contribution in [1.29, 1.82) is 0 Å². The van der Waals surface area contributed by atoms with E-state index in [4.69, 9.17) is 14.2 Å². The molecule has 0 aliphatic rings. The molecule has 1 aromatic carbocycles. The van der Waals surface area contributed by atoms with E-state index in [0.717, 1.165) is 6.42 Å². The number of hydrogen-bond donors (Lipinski definition) is 2. The average Bonchev–Trinajstić information content (AvgIpc) is 2.66. The molecule has 146 valence electrons. The lowest BCUT2D eigenvalue weighted by Gasteiger charge is -2.15. The van der Waals surface area contributed by atoms with Crippen LogP contribution in [0.25, 0.3) is 0 Å². The zero-order chi connectivity index (χ0) is 19.8. The Bertz CT molecular complexity index is 755. The Morgan fingerprint density at radius 1 is 1.04 bits per heavy atom. The Morgan fingerprint density at radius 2 is 1.70 bits per heavy atom. The third-order valence-corrected chi connectivity index (χ3v) is 3.84. The molecule has 2 aromatic rings. The van der Waals surface area contributed by atoms with Crippen molar-refractivity contribution >= 4 is 17.4 Å². The van der Waals surface area contributed by atoms with Crippen LogP contribution in [0, 0.1) is 5.92 Å². The SMILES string of the molecule is COc1cc(Nc2cc(C(=O)NCCC(C)C)ncn2)cc(OC)c1OC. The largest absolute Gasteiger partial charge is 0.493 e. The topological polar surface area (TPSA) is 94.6 Å². The maximum atomic E-state index is 12.2. The van der Waals surface area contributed by atoms with E-state index < -0.39 is 0 Å². The molecule has 0 fully saturated rings. The second kappa shape index (κ2) is 9.61. The summed E-state index contributed by atoms with van der Waals surface area (Å²) in [6, 6.07) is 5.10. The van der Waals surface area contributed by atoms with E-state index in [-0.39, 0.29) is 5.91 Å². The molecule has 0 atom stereocenters. The van der Waals surface area contributed by atoms with Gasteiger partial charge in [-0.15, -0.1) is 0 Å². The number of nitrogens with zero attached hydrogens (tertiary/aromatic N) is 2. The van der Waals surface area contributed by atoms with Crippen LogP contribution in [-0.4, -0.2) is 43.7 Å². The highest BCUT2D eigenvalue weighted by Gasteiger charge is 2.14. The fraction of sp³-hybridized carbons (Fsp3) is 0.421. The van der Waals surface area contributed by atoms with E-state index in [1.807, 2.05) is 0 Å². The van der Waals surface area contributed by atoms with E-state index in [1.165, 1.54) is 6.33 Å². The van der Waals surface area contributed by atoms with E-state index >= 15 is 0 Å². The summed E-state index contributed by atoms with van der Waals surface area (Å²) < 4.78 is 16.0. The molecule has 0 radical (unpaired) electrons. The highest BCUT2D eigenvalue weighted by Crippen LogP contribution is 2.40. The van der Waals surface area contributed by atoms with Crippen LogP contribution in [0.3, 0.4) is 0 Å². The maximum Gasteiger partial charge on any atom is 0.270 e. The van der Waals surface area contributed by atoms with Crippen LogP contribution in [0.1, 0.15) is 30.8 Å². The normalized spacial score (nSPS) is 10.4. The lowest BCUT2D eigenvalue weighted by atomic mass is 10.1. The number of ether oxygens (including phenoxy) is 3. The lowest BCUT2D eigenvalue weighted by Crippen LogP contribution is -2.26. The van der Waals surface area contributed by atoms with Gasteiger partial charge in [0, 0.05) is 30.4 Å². The first-order valence-electron chi connectivity index (χ1n) is 8.65. The van der Waals surface area contributed by atoms with Gasteiger partial charge in [0.25, 0.3) is 5.91 Å². The molecule has 2 rings (SSSR count). The van der Waals surface area contributed by atoms with E-state index in [2.05, 4.69) is 34.4 Å². The summed E-state index contributed by atoms with van der Waals surface area (Å²) in [5.41, 5.74) is 0.970. The van der Waals surface area contributed by atoms with Gasteiger partial charge in [-0.25, -0.2) is 9.97 Å². The number of rotatable bonds is 9. The smallest absolute Gasteiger partial charge is 0.270 e. The standard InChI is InChI=1S/C19H26N4O4/c1-12(2)6-7-20-19(24)14-10-17(22-11-21-14)23-13-8-15(25-3)18(27-5)16(9-13)26-4/h8-12H,6-7H2,1-5H3,(H,20,24)(H,21,22,23). The second-order valence-corrected chi connectivity index (χ2v) is 6.27. The molecular formula is C19H26N4O4. The summed E-state index contributed by atoms with van der Waals surface area (Å²) in [5, 5.41) is 5.99. The van der Waals surface area contributed by atoms with Crippen LogP contribution in [0.2, 0.25) is 0 Å². The summed E-state index contributed by atoms with van der Waals surface area (Å²) in [5.74, 6) is 2.30. The van der Waals surface area contributed by atoms with Gasteiger partial charge in [-0.05, 0) is 12.3 Å². The van der Waals surface area contributed by atoms with E-state index in [9.17, 15) is 4.79 Å². The molecule has 27 heavy (non-hydrogen) atoms. The highest BCUT2D eigenvalue weighted by atomic mass is 16.5. The summed E-state index contributed by atoms with van der Waals surface area (Å²) in [6.07, 6.45) is 2.26. The molecule has 0 aliphatic carbocycles. The quantitative estimate of drug-likeness (QED) is 0.697. The van der Waals surface area contributed by atoms with Gasteiger partial charge in [0.2, 0.25) is 5.75 Å². The number of amides is 1. The number of anilines is 2. The monoisotopic (exact) mass is 374 g/mol. The van der Waals surface area contributed by atoms with Gasteiger partial charge in [-0.2, -0.15) is 0 Å². The molecule has 1 aromatic heterocycles. The Labute approximate surface area is 159 Å². The van der Waals surface area contributed by atoms with Crippen LogP contribution in [-0.2, 0) is 0 Å². The Kier molecular flexibility index (Phi) is 7.22. The zero-order valence-electron chi connectivity index (χ0n) is 16.3. The fourth-order valence-electron chi connectivity index (χ4n) is 2.42. The molecular weight excluding hydrogens is 348 g/mol. The van der Waals surface area contributed by atoms with E-state index in [0.29, 0.717) is 46.9 Å². The minimum Gasteiger partial charge on any atom is -0.493 e. The van der Waals surface area contributed by atoms with Crippen molar-refractivity contribution in [2.45, 2.75) is 20.3 Å². The summed E-state index contributed by atoms with van der Waals surface area (Å²) in [6.45, 7) is 4.82. The highest BCUT2D eigenvalue weighted by molar-refractivity contribution is 5.93. The van der Waals surface area contributed by atoms with Gasteiger partial charge in [0.1, 0.15) is 17.8 Å². The number of carbonyl (C=O) groups excluding carboxylic acids is 1. The molecule has 0 spiro atoms. The molecule has 1 amide bonds. The summed E-state index contributed by atoms with van der Waals surface area (Å²) in [7, 11) is 4.64. The number of methoxy groups -OCH3 is 3. The zero-order valence-corrected chi connectivity index (χ0v) is 16.3. The van der Waals surface area contributed by atoms with Gasteiger partial charge >= 0.3 is 0 Å². The van der Waals surface area contributed by atoms with Gasteiger partial charge in [-0.1, -0.05) is 13.8 Å². The predicted molar refractivity (Wildman–Crippen MR) is 103 cm³/mol. The molecule has 0 bridgehead atoms. The predicted octanol–water partition coefficient (Wildman–Crippen LogP) is 3.02. The van der Waals surface area contributed by atoms with E-state index in [1.54, 1.807) is 39.5 Å². The number of benzene rings is 1. The van der Waals surface area contributed by atoms with Crippen molar-refractivity contribution in [3.8, 4) is 17.2 Å². The van der Waals surface area contributed by atoms with Crippen LogP contribution in [0.4, 0.5) is 11.5 Å². The molecule has 8 heteroatoms. The molecule has 2 N–H and O–H groups in total. The maximum absolute atomic E-state index is 12.2. The second-order valence-electron chi connectivity index (χ2n) is 6.27. The van der Waals surface area contributed by atoms with Crippen molar-refractivity contribution in [2.75, 3.05) is 33.2 Å². The third kappa shape index (κ3) is 5.47. The fourth-order valence-corrected chi connectivity index (χ4v) is 2.42. The summed E-state index contributed by atoms with van der Waals surface area (Å²) in [4.78, 5) is 20.4. The van der Waals surface area contributed by atoms with Gasteiger partial charge in [0.15, 0.2) is 11.5 Å². The minimum atomic E-state index is -0.231. The molecule has 8 nitrogen and oxygen atoms in total. The Morgan fingerprint density at radius 3 is 2.26 bits per heavy atom. The van der Waals surface area contributed by atoms with Crippen molar-refractivity contribution in [1.82, 2.24) is 15.3 Å². The minimum absolute atomic E-state index is 0.231.